The molecule has 0 saturated carbocycles. The maximum Gasteiger partial charge on any atom is 0.239 e. The summed E-state index contributed by atoms with van der Waals surface area (Å²) in [6, 6.07) is 8.15. The zero-order valence-corrected chi connectivity index (χ0v) is 14.7. The van der Waals surface area contributed by atoms with Crippen molar-refractivity contribution in [3.05, 3.63) is 41.5 Å². The van der Waals surface area contributed by atoms with E-state index < -0.39 is 0 Å². The maximum absolute atomic E-state index is 5.26. The van der Waals surface area contributed by atoms with Crippen LogP contribution < -0.4 is 5.32 Å². The molecule has 3 aromatic rings. The van der Waals surface area contributed by atoms with E-state index in [0.29, 0.717) is 5.89 Å². The minimum Gasteiger partial charge on any atom is -0.338 e. The second-order valence-electron chi connectivity index (χ2n) is 5.03. The van der Waals surface area contributed by atoms with Crippen LogP contribution in [0, 0.1) is 6.92 Å². The van der Waals surface area contributed by atoms with Crippen LogP contribution in [0.4, 0.5) is 10.8 Å². The Morgan fingerprint density at radius 3 is 2.96 bits per heavy atom. The van der Waals surface area contributed by atoms with Gasteiger partial charge >= 0.3 is 0 Å². The smallest absolute Gasteiger partial charge is 0.239 e. The molecule has 0 amide bonds. The number of hydrogen-bond donors (Lipinski definition) is 1. The Labute approximate surface area is 142 Å². The number of hydrogen-bond acceptors (Lipinski definition) is 8. The lowest BCUT2D eigenvalue weighted by Gasteiger charge is -2.02. The first-order chi connectivity index (χ1) is 11.1. The molecule has 8 heteroatoms. The first-order valence-corrected chi connectivity index (χ1v) is 9.00. The Morgan fingerprint density at radius 2 is 2.22 bits per heavy atom. The predicted molar refractivity (Wildman–Crippen MR) is 92.3 cm³/mol. The molecule has 0 aliphatic heterocycles. The molecular formula is C15H17N5OS2. The zero-order chi connectivity index (χ0) is 16.2. The Balaban J connectivity index is 1.64. The first-order valence-electron chi connectivity index (χ1n) is 7.30. The molecule has 0 aliphatic rings. The van der Waals surface area contributed by atoms with Crippen molar-refractivity contribution in [2.24, 2.45) is 0 Å². The number of nitrogens with zero attached hydrogens (tertiary/aromatic N) is 4. The largest absolute Gasteiger partial charge is 0.338 e. The van der Waals surface area contributed by atoms with Crippen molar-refractivity contribution in [1.82, 2.24) is 20.3 Å². The van der Waals surface area contributed by atoms with Crippen LogP contribution in [0.2, 0.25) is 0 Å². The molecule has 1 N–H and O–H groups in total. The van der Waals surface area contributed by atoms with Crippen LogP contribution in [0.15, 0.2) is 33.1 Å². The van der Waals surface area contributed by atoms with Gasteiger partial charge in [0.05, 0.1) is 5.25 Å². The summed E-state index contributed by atoms with van der Waals surface area (Å²) in [7, 11) is 0. The van der Waals surface area contributed by atoms with E-state index in [0.717, 1.165) is 27.4 Å². The van der Waals surface area contributed by atoms with Crippen molar-refractivity contribution in [2.75, 3.05) is 5.32 Å². The molecule has 6 nitrogen and oxygen atoms in total. The topological polar surface area (TPSA) is 76.7 Å². The highest BCUT2D eigenvalue weighted by Crippen LogP contribution is 2.37. The Bertz CT molecular complexity index is 786. The molecule has 0 spiro atoms. The van der Waals surface area contributed by atoms with Crippen molar-refractivity contribution in [1.29, 1.82) is 0 Å². The molecule has 2 heterocycles. The molecule has 0 aliphatic carbocycles. The third kappa shape index (κ3) is 4.08. The van der Waals surface area contributed by atoms with E-state index in [1.54, 1.807) is 11.8 Å². The molecule has 3 rings (SSSR count). The van der Waals surface area contributed by atoms with Gasteiger partial charge in [0.2, 0.25) is 11.0 Å². The average Bonchev–Trinajstić information content (AvgIpc) is 3.16. The van der Waals surface area contributed by atoms with Gasteiger partial charge in [-0.05, 0) is 31.5 Å². The van der Waals surface area contributed by atoms with Gasteiger partial charge in [0.1, 0.15) is 0 Å². The van der Waals surface area contributed by atoms with E-state index in [1.807, 2.05) is 26.0 Å². The quantitative estimate of drug-likeness (QED) is 0.663. The van der Waals surface area contributed by atoms with Gasteiger partial charge < -0.3 is 9.84 Å². The highest BCUT2D eigenvalue weighted by atomic mass is 32.2. The molecule has 1 atom stereocenters. The molecular weight excluding hydrogens is 330 g/mol. The predicted octanol–water partition coefficient (Wildman–Crippen LogP) is 4.39. The summed E-state index contributed by atoms with van der Waals surface area (Å²) in [6.07, 6.45) is 0.768. The second kappa shape index (κ2) is 7.10. The summed E-state index contributed by atoms with van der Waals surface area (Å²) < 4.78 is 6.13. The molecule has 120 valence electrons. The molecule has 2 aromatic heterocycles. The number of aryl methyl sites for hydroxylation is 2. The third-order valence-corrected chi connectivity index (χ3v) is 5.11. The van der Waals surface area contributed by atoms with Gasteiger partial charge in [0.25, 0.3) is 0 Å². The summed E-state index contributed by atoms with van der Waals surface area (Å²) >= 11 is 3.07. The summed E-state index contributed by atoms with van der Waals surface area (Å²) in [4.78, 5) is 4.35. The van der Waals surface area contributed by atoms with Gasteiger partial charge in [0.15, 0.2) is 10.2 Å². The normalized spacial score (nSPS) is 12.3. The lowest BCUT2D eigenvalue weighted by molar-refractivity contribution is 0.375. The number of thioether (sulfide) groups is 1. The summed E-state index contributed by atoms with van der Waals surface area (Å²) in [6.45, 7) is 6.08. The lowest BCUT2D eigenvalue weighted by atomic mass is 10.2. The minimum absolute atomic E-state index is 0.0440. The van der Waals surface area contributed by atoms with E-state index in [-0.39, 0.29) is 5.25 Å². The molecule has 0 saturated heterocycles. The Morgan fingerprint density at radius 1 is 1.35 bits per heavy atom. The highest BCUT2D eigenvalue weighted by molar-refractivity contribution is 8.01. The number of aromatic nitrogens is 4. The van der Waals surface area contributed by atoms with E-state index in [4.69, 9.17) is 4.52 Å². The Kier molecular flexibility index (Phi) is 4.92. The monoisotopic (exact) mass is 347 g/mol. The SMILES string of the molecule is CCc1noc(C(C)Sc2nnc(Nc3cccc(C)c3)s2)n1. The number of rotatable bonds is 6. The van der Waals surface area contributed by atoms with Crippen LogP contribution in [0.3, 0.4) is 0 Å². The molecule has 0 bridgehead atoms. The molecule has 0 radical (unpaired) electrons. The fourth-order valence-electron chi connectivity index (χ4n) is 1.93. The number of nitrogens with one attached hydrogen (secondary N) is 1. The summed E-state index contributed by atoms with van der Waals surface area (Å²) in [5, 5.41) is 16.4. The van der Waals surface area contributed by atoms with Crippen molar-refractivity contribution >= 4 is 33.9 Å². The molecule has 0 fully saturated rings. The van der Waals surface area contributed by atoms with Gasteiger partial charge in [0, 0.05) is 12.1 Å². The third-order valence-electron chi connectivity index (χ3n) is 3.10. The van der Waals surface area contributed by atoms with Crippen LogP contribution in [-0.4, -0.2) is 20.3 Å². The molecule has 1 aromatic carbocycles. The van der Waals surface area contributed by atoms with E-state index >= 15 is 0 Å². The zero-order valence-electron chi connectivity index (χ0n) is 13.1. The maximum atomic E-state index is 5.26. The summed E-state index contributed by atoms with van der Waals surface area (Å²) in [5.74, 6) is 1.35. The van der Waals surface area contributed by atoms with Gasteiger partial charge in [-0.1, -0.05) is 47.3 Å². The van der Waals surface area contributed by atoms with Crippen molar-refractivity contribution < 1.29 is 4.52 Å². The first kappa shape index (κ1) is 15.9. The van der Waals surface area contributed by atoms with E-state index in [1.165, 1.54) is 16.9 Å². The molecule has 23 heavy (non-hydrogen) atoms. The van der Waals surface area contributed by atoms with Gasteiger partial charge in [-0.2, -0.15) is 4.98 Å². The van der Waals surface area contributed by atoms with Crippen LogP contribution in [0.1, 0.15) is 36.4 Å². The second-order valence-corrected chi connectivity index (χ2v) is 7.60. The van der Waals surface area contributed by atoms with Crippen LogP contribution in [0.25, 0.3) is 0 Å². The van der Waals surface area contributed by atoms with Crippen molar-refractivity contribution in [3.63, 3.8) is 0 Å². The van der Waals surface area contributed by atoms with Crippen LogP contribution in [-0.2, 0) is 6.42 Å². The van der Waals surface area contributed by atoms with Crippen molar-refractivity contribution in [3.8, 4) is 0 Å². The Hall–Kier alpha value is -1.93. The van der Waals surface area contributed by atoms with E-state index in [2.05, 4.69) is 44.7 Å². The number of anilines is 2. The fraction of sp³-hybridized carbons (Fsp3) is 0.333. The lowest BCUT2D eigenvalue weighted by Crippen LogP contribution is -1.89. The standard InChI is InChI=1S/C15H17N5OS2/c1-4-12-17-13(21-20-12)10(3)22-15-19-18-14(23-15)16-11-7-5-6-9(2)8-11/h5-8,10H,4H2,1-3H3,(H,16,18). The summed E-state index contributed by atoms with van der Waals surface area (Å²) in [5.41, 5.74) is 2.21. The van der Waals surface area contributed by atoms with Crippen LogP contribution >= 0.6 is 23.1 Å². The van der Waals surface area contributed by atoms with Gasteiger partial charge in [-0.25, -0.2) is 0 Å². The van der Waals surface area contributed by atoms with Gasteiger partial charge in [-0.3, -0.25) is 0 Å². The van der Waals surface area contributed by atoms with Crippen LogP contribution in [0.5, 0.6) is 0 Å². The van der Waals surface area contributed by atoms with E-state index in [9.17, 15) is 0 Å². The average molecular weight is 347 g/mol. The molecule has 1 unspecified atom stereocenters. The number of benzene rings is 1. The highest BCUT2D eigenvalue weighted by Gasteiger charge is 2.17. The minimum atomic E-state index is 0.0440. The van der Waals surface area contributed by atoms with Crippen molar-refractivity contribution in [2.45, 2.75) is 36.8 Å². The van der Waals surface area contributed by atoms with Gasteiger partial charge in [-0.15, -0.1) is 10.2 Å². The fourth-order valence-corrected chi connectivity index (χ4v) is 3.88.